The van der Waals surface area contributed by atoms with Gasteiger partial charge in [0.15, 0.2) is 0 Å². The number of hydrogen-bond donors (Lipinski definition) is 3. The molecule has 0 aromatic heterocycles. The van der Waals surface area contributed by atoms with Gasteiger partial charge in [-0.25, -0.2) is 0 Å². The Morgan fingerprint density at radius 1 is 1.23 bits per heavy atom. The fourth-order valence-electron chi connectivity index (χ4n) is 3.48. The van der Waals surface area contributed by atoms with Crippen LogP contribution in [-0.4, -0.2) is 36.8 Å². The SMILES string of the molecule is O=C(O)CCNCC1(CN[C@H]2CC2c2ccccc2)CCC1. The van der Waals surface area contributed by atoms with Crippen molar-refractivity contribution >= 4 is 5.97 Å². The van der Waals surface area contributed by atoms with Crippen LogP contribution in [0, 0.1) is 5.41 Å². The summed E-state index contributed by atoms with van der Waals surface area (Å²) in [6, 6.07) is 11.4. The molecule has 22 heavy (non-hydrogen) atoms. The molecule has 0 saturated heterocycles. The minimum absolute atomic E-state index is 0.211. The van der Waals surface area contributed by atoms with Crippen molar-refractivity contribution in [2.75, 3.05) is 19.6 Å². The molecule has 120 valence electrons. The number of benzene rings is 1. The summed E-state index contributed by atoms with van der Waals surface area (Å²) in [5.74, 6) is -0.0461. The molecular weight excluding hydrogens is 276 g/mol. The number of nitrogens with one attached hydrogen (secondary N) is 2. The maximum Gasteiger partial charge on any atom is 0.304 e. The average molecular weight is 302 g/mol. The fraction of sp³-hybridized carbons (Fsp3) is 0.611. The maximum absolute atomic E-state index is 10.5. The standard InChI is InChI=1S/C18H26N2O2/c21-17(22)7-10-19-12-18(8-4-9-18)13-20-16-11-15(16)14-5-2-1-3-6-14/h1-3,5-6,15-16,19-20H,4,7-13H2,(H,21,22)/t15?,16-/m0/s1. The Kier molecular flexibility index (Phi) is 4.79. The molecule has 0 aliphatic heterocycles. The molecule has 3 N–H and O–H groups in total. The number of aliphatic carboxylic acids is 1. The Morgan fingerprint density at radius 2 is 2.00 bits per heavy atom. The first kappa shape index (κ1) is 15.5. The van der Waals surface area contributed by atoms with Crippen LogP contribution in [0.25, 0.3) is 0 Å². The van der Waals surface area contributed by atoms with Gasteiger partial charge in [-0.15, -0.1) is 0 Å². The fourth-order valence-corrected chi connectivity index (χ4v) is 3.48. The van der Waals surface area contributed by atoms with Crippen molar-refractivity contribution in [2.45, 2.75) is 44.1 Å². The van der Waals surface area contributed by atoms with E-state index in [1.54, 1.807) is 0 Å². The van der Waals surface area contributed by atoms with Gasteiger partial charge >= 0.3 is 5.97 Å². The van der Waals surface area contributed by atoms with Crippen LogP contribution in [0.2, 0.25) is 0 Å². The van der Waals surface area contributed by atoms with Crippen LogP contribution in [0.15, 0.2) is 30.3 Å². The second-order valence-corrected chi connectivity index (χ2v) is 6.91. The Labute approximate surface area is 132 Å². The molecule has 1 aromatic carbocycles. The summed E-state index contributed by atoms with van der Waals surface area (Å²) in [4.78, 5) is 10.5. The van der Waals surface area contributed by atoms with Crippen molar-refractivity contribution in [3.63, 3.8) is 0 Å². The van der Waals surface area contributed by atoms with Crippen molar-refractivity contribution in [3.05, 3.63) is 35.9 Å². The molecule has 2 aliphatic rings. The number of carboxylic acids is 1. The molecule has 1 aromatic rings. The van der Waals surface area contributed by atoms with E-state index < -0.39 is 5.97 Å². The Bertz CT molecular complexity index is 499. The van der Waals surface area contributed by atoms with Crippen LogP contribution in [0.5, 0.6) is 0 Å². The van der Waals surface area contributed by atoms with Crippen molar-refractivity contribution in [2.24, 2.45) is 5.41 Å². The van der Waals surface area contributed by atoms with Gasteiger partial charge in [0.2, 0.25) is 0 Å². The van der Waals surface area contributed by atoms with E-state index in [1.165, 1.54) is 31.2 Å². The predicted octanol–water partition coefficient (Wildman–Crippen LogP) is 2.37. The van der Waals surface area contributed by atoms with E-state index in [1.807, 2.05) is 0 Å². The van der Waals surface area contributed by atoms with Crippen LogP contribution < -0.4 is 10.6 Å². The highest BCUT2D eigenvalue weighted by molar-refractivity contribution is 5.66. The lowest BCUT2D eigenvalue weighted by atomic mass is 9.68. The molecule has 2 saturated carbocycles. The zero-order valence-corrected chi connectivity index (χ0v) is 13.1. The Balaban J connectivity index is 1.39. The molecule has 2 aliphatic carbocycles. The van der Waals surface area contributed by atoms with Crippen LogP contribution in [0.4, 0.5) is 0 Å². The summed E-state index contributed by atoms with van der Waals surface area (Å²) in [6.45, 7) is 2.57. The molecule has 2 fully saturated rings. The first-order valence-electron chi connectivity index (χ1n) is 8.39. The first-order chi connectivity index (χ1) is 10.7. The maximum atomic E-state index is 10.5. The lowest BCUT2D eigenvalue weighted by Gasteiger charge is -2.42. The molecule has 2 atom stereocenters. The van der Waals surface area contributed by atoms with Crippen molar-refractivity contribution in [1.82, 2.24) is 10.6 Å². The van der Waals surface area contributed by atoms with Crippen LogP contribution in [-0.2, 0) is 4.79 Å². The quantitative estimate of drug-likeness (QED) is 0.613. The van der Waals surface area contributed by atoms with E-state index in [2.05, 4.69) is 41.0 Å². The topological polar surface area (TPSA) is 61.4 Å². The predicted molar refractivity (Wildman–Crippen MR) is 87.0 cm³/mol. The zero-order chi connectivity index (χ0) is 15.4. The van der Waals surface area contributed by atoms with Gasteiger partial charge in [0.25, 0.3) is 0 Å². The minimum Gasteiger partial charge on any atom is -0.481 e. The average Bonchev–Trinajstić information content (AvgIpc) is 3.25. The van der Waals surface area contributed by atoms with E-state index in [-0.39, 0.29) is 6.42 Å². The molecule has 0 heterocycles. The summed E-state index contributed by atoms with van der Waals surface area (Å²) in [6.07, 6.45) is 5.26. The molecule has 0 amide bonds. The largest absolute Gasteiger partial charge is 0.481 e. The summed E-state index contributed by atoms with van der Waals surface area (Å²) < 4.78 is 0. The van der Waals surface area contributed by atoms with Crippen molar-refractivity contribution in [3.8, 4) is 0 Å². The van der Waals surface area contributed by atoms with E-state index in [9.17, 15) is 4.79 Å². The van der Waals surface area contributed by atoms with E-state index in [0.717, 1.165) is 13.1 Å². The smallest absolute Gasteiger partial charge is 0.304 e. The lowest BCUT2D eigenvalue weighted by Crippen LogP contribution is -2.48. The van der Waals surface area contributed by atoms with Gasteiger partial charge in [0.05, 0.1) is 6.42 Å². The van der Waals surface area contributed by atoms with Gasteiger partial charge in [-0.05, 0) is 30.2 Å². The van der Waals surface area contributed by atoms with Crippen molar-refractivity contribution < 1.29 is 9.90 Å². The lowest BCUT2D eigenvalue weighted by molar-refractivity contribution is -0.136. The molecule has 4 nitrogen and oxygen atoms in total. The third-order valence-corrected chi connectivity index (χ3v) is 5.19. The molecule has 0 bridgehead atoms. The number of hydrogen-bond acceptors (Lipinski definition) is 3. The van der Waals surface area contributed by atoms with Crippen LogP contribution in [0.1, 0.15) is 43.6 Å². The highest BCUT2D eigenvalue weighted by atomic mass is 16.4. The van der Waals surface area contributed by atoms with Gasteiger partial charge in [-0.1, -0.05) is 36.8 Å². The first-order valence-corrected chi connectivity index (χ1v) is 8.39. The molecule has 0 spiro atoms. The highest BCUT2D eigenvalue weighted by Crippen LogP contribution is 2.44. The molecule has 4 heteroatoms. The minimum atomic E-state index is -0.725. The van der Waals surface area contributed by atoms with Gasteiger partial charge in [0.1, 0.15) is 0 Å². The second kappa shape index (κ2) is 6.80. The number of rotatable bonds is 9. The van der Waals surface area contributed by atoms with Crippen molar-refractivity contribution in [1.29, 1.82) is 0 Å². The van der Waals surface area contributed by atoms with Crippen LogP contribution >= 0.6 is 0 Å². The monoisotopic (exact) mass is 302 g/mol. The third-order valence-electron chi connectivity index (χ3n) is 5.19. The second-order valence-electron chi connectivity index (χ2n) is 6.91. The molecule has 0 radical (unpaired) electrons. The normalized spacial score (nSPS) is 25.5. The summed E-state index contributed by atoms with van der Waals surface area (Å²) in [5.41, 5.74) is 1.80. The molecular formula is C18H26N2O2. The summed E-state index contributed by atoms with van der Waals surface area (Å²) >= 11 is 0. The van der Waals surface area contributed by atoms with Crippen LogP contribution in [0.3, 0.4) is 0 Å². The van der Waals surface area contributed by atoms with Gasteiger partial charge in [0, 0.05) is 31.6 Å². The highest BCUT2D eigenvalue weighted by Gasteiger charge is 2.42. The molecule has 3 rings (SSSR count). The summed E-state index contributed by atoms with van der Waals surface area (Å²) in [5, 5.41) is 15.8. The van der Waals surface area contributed by atoms with E-state index >= 15 is 0 Å². The van der Waals surface area contributed by atoms with E-state index in [0.29, 0.717) is 23.9 Å². The van der Waals surface area contributed by atoms with Gasteiger partial charge in [-0.3, -0.25) is 4.79 Å². The molecule has 1 unspecified atom stereocenters. The Morgan fingerprint density at radius 3 is 2.64 bits per heavy atom. The number of carboxylic acid groups (broad SMARTS) is 1. The van der Waals surface area contributed by atoms with E-state index in [4.69, 9.17) is 5.11 Å². The zero-order valence-electron chi connectivity index (χ0n) is 13.1. The summed E-state index contributed by atoms with van der Waals surface area (Å²) in [7, 11) is 0. The Hall–Kier alpha value is -1.39. The van der Waals surface area contributed by atoms with Gasteiger partial charge < -0.3 is 15.7 Å². The third kappa shape index (κ3) is 3.87. The van der Waals surface area contributed by atoms with Gasteiger partial charge in [-0.2, -0.15) is 0 Å². The number of carbonyl (C=O) groups is 1.